The largest absolute Gasteiger partial charge is 0.316 e. The Bertz CT molecular complexity index is 391. The van der Waals surface area contributed by atoms with Crippen LogP contribution >= 0.6 is 0 Å². The predicted molar refractivity (Wildman–Crippen MR) is 91.7 cm³/mol. The molecule has 2 nitrogen and oxygen atoms in total. The van der Waals surface area contributed by atoms with E-state index >= 15 is 0 Å². The van der Waals surface area contributed by atoms with Crippen LogP contribution in [0.2, 0.25) is 0 Å². The molecule has 1 saturated heterocycles. The standard InChI is InChI=1S/C19H32N2/c1-4-11-20-14-17(3)19-7-5-18(6-8-19)15-21-12-9-16(2)10-13-21/h5-8,16-17,20H,4,9-15H2,1-3H3. The minimum absolute atomic E-state index is 0.599. The van der Waals surface area contributed by atoms with Gasteiger partial charge in [0, 0.05) is 13.1 Å². The number of piperidine rings is 1. The lowest BCUT2D eigenvalue weighted by Gasteiger charge is -2.30. The molecule has 1 aromatic carbocycles. The number of hydrogen-bond donors (Lipinski definition) is 1. The van der Waals surface area contributed by atoms with Gasteiger partial charge < -0.3 is 5.32 Å². The second-order valence-electron chi connectivity index (χ2n) is 6.81. The third-order valence-electron chi connectivity index (χ3n) is 4.71. The smallest absolute Gasteiger partial charge is 0.0233 e. The molecular weight excluding hydrogens is 256 g/mol. The maximum Gasteiger partial charge on any atom is 0.0233 e. The summed E-state index contributed by atoms with van der Waals surface area (Å²) in [5, 5.41) is 3.51. The monoisotopic (exact) mass is 288 g/mol. The van der Waals surface area contributed by atoms with Gasteiger partial charge in [-0.15, -0.1) is 0 Å². The molecule has 0 spiro atoms. The average Bonchev–Trinajstić information content (AvgIpc) is 2.50. The zero-order valence-electron chi connectivity index (χ0n) is 14.1. The molecular formula is C19H32N2. The summed E-state index contributed by atoms with van der Waals surface area (Å²) < 4.78 is 0. The number of likely N-dealkylation sites (tertiary alicyclic amines) is 1. The first-order valence-electron chi connectivity index (χ1n) is 8.71. The molecule has 0 amide bonds. The molecule has 1 atom stereocenters. The van der Waals surface area contributed by atoms with Crippen molar-refractivity contribution in [2.45, 2.75) is 52.5 Å². The van der Waals surface area contributed by atoms with E-state index in [1.54, 1.807) is 0 Å². The highest BCUT2D eigenvalue weighted by Crippen LogP contribution is 2.20. The fourth-order valence-electron chi connectivity index (χ4n) is 3.04. The Morgan fingerprint density at radius 1 is 1.19 bits per heavy atom. The van der Waals surface area contributed by atoms with Gasteiger partial charge in [0.05, 0.1) is 0 Å². The molecule has 0 aliphatic carbocycles. The van der Waals surface area contributed by atoms with E-state index in [-0.39, 0.29) is 0 Å². The van der Waals surface area contributed by atoms with E-state index in [0.29, 0.717) is 5.92 Å². The summed E-state index contributed by atoms with van der Waals surface area (Å²) in [5.74, 6) is 1.52. The van der Waals surface area contributed by atoms with Crippen molar-refractivity contribution < 1.29 is 0 Å². The Kier molecular flexibility index (Phi) is 6.72. The first-order valence-corrected chi connectivity index (χ1v) is 8.71. The van der Waals surface area contributed by atoms with Crippen LogP contribution in [0.1, 0.15) is 57.1 Å². The highest BCUT2D eigenvalue weighted by Gasteiger charge is 2.15. The first-order chi connectivity index (χ1) is 10.2. The number of benzene rings is 1. The van der Waals surface area contributed by atoms with Crippen molar-refractivity contribution in [2.24, 2.45) is 5.92 Å². The quantitative estimate of drug-likeness (QED) is 0.762. The maximum absolute atomic E-state index is 3.51. The third kappa shape index (κ3) is 5.44. The van der Waals surface area contributed by atoms with Crippen molar-refractivity contribution in [3.63, 3.8) is 0 Å². The van der Waals surface area contributed by atoms with E-state index in [4.69, 9.17) is 0 Å². The van der Waals surface area contributed by atoms with Gasteiger partial charge in [-0.2, -0.15) is 0 Å². The molecule has 1 fully saturated rings. The fourth-order valence-corrected chi connectivity index (χ4v) is 3.04. The Hall–Kier alpha value is -0.860. The molecule has 0 aromatic heterocycles. The molecule has 0 radical (unpaired) electrons. The van der Waals surface area contributed by atoms with Crippen LogP contribution in [0.5, 0.6) is 0 Å². The minimum Gasteiger partial charge on any atom is -0.316 e. The van der Waals surface area contributed by atoms with Crippen molar-refractivity contribution in [3.05, 3.63) is 35.4 Å². The summed E-state index contributed by atoms with van der Waals surface area (Å²) in [6, 6.07) is 9.29. The molecule has 0 bridgehead atoms. The van der Waals surface area contributed by atoms with E-state index in [1.807, 2.05) is 0 Å². The Labute approximate surface area is 130 Å². The van der Waals surface area contributed by atoms with Crippen LogP contribution in [-0.4, -0.2) is 31.1 Å². The van der Waals surface area contributed by atoms with Crippen molar-refractivity contribution >= 4 is 0 Å². The van der Waals surface area contributed by atoms with Crippen LogP contribution in [0.3, 0.4) is 0 Å². The van der Waals surface area contributed by atoms with Crippen molar-refractivity contribution in [1.82, 2.24) is 10.2 Å². The van der Waals surface area contributed by atoms with E-state index in [9.17, 15) is 0 Å². The summed E-state index contributed by atoms with van der Waals surface area (Å²) in [7, 11) is 0. The summed E-state index contributed by atoms with van der Waals surface area (Å²) in [6.45, 7) is 12.8. The molecule has 118 valence electrons. The van der Waals surface area contributed by atoms with Gasteiger partial charge in [0.1, 0.15) is 0 Å². The topological polar surface area (TPSA) is 15.3 Å². The van der Waals surface area contributed by atoms with E-state index in [1.165, 1.54) is 43.5 Å². The Morgan fingerprint density at radius 2 is 1.86 bits per heavy atom. The summed E-state index contributed by atoms with van der Waals surface area (Å²) in [5.41, 5.74) is 2.91. The van der Waals surface area contributed by atoms with Gasteiger partial charge in [-0.1, -0.05) is 45.0 Å². The fraction of sp³-hybridized carbons (Fsp3) is 0.684. The summed E-state index contributed by atoms with van der Waals surface area (Å²) >= 11 is 0. The summed E-state index contributed by atoms with van der Waals surface area (Å²) in [6.07, 6.45) is 3.93. The normalized spacial score (nSPS) is 18.8. The molecule has 1 heterocycles. The SMILES string of the molecule is CCCNCC(C)c1ccc(CN2CCC(C)CC2)cc1. The zero-order valence-corrected chi connectivity index (χ0v) is 14.1. The highest BCUT2D eigenvalue weighted by molar-refractivity contribution is 5.25. The third-order valence-corrected chi connectivity index (χ3v) is 4.71. The highest BCUT2D eigenvalue weighted by atomic mass is 15.1. The van der Waals surface area contributed by atoms with E-state index in [0.717, 1.165) is 25.6 Å². The van der Waals surface area contributed by atoms with Crippen LogP contribution in [-0.2, 0) is 6.54 Å². The van der Waals surface area contributed by atoms with Gasteiger partial charge >= 0.3 is 0 Å². The van der Waals surface area contributed by atoms with Gasteiger partial charge in [0.15, 0.2) is 0 Å². The van der Waals surface area contributed by atoms with E-state index < -0.39 is 0 Å². The molecule has 2 rings (SSSR count). The predicted octanol–water partition coefficient (Wildman–Crippen LogP) is 4.02. The molecule has 1 aromatic rings. The van der Waals surface area contributed by atoms with E-state index in [2.05, 4.69) is 55.3 Å². The average molecular weight is 288 g/mol. The van der Waals surface area contributed by atoms with Crippen LogP contribution in [0.15, 0.2) is 24.3 Å². The van der Waals surface area contributed by atoms with Crippen LogP contribution < -0.4 is 5.32 Å². The molecule has 0 saturated carbocycles. The second-order valence-corrected chi connectivity index (χ2v) is 6.81. The van der Waals surface area contributed by atoms with Crippen molar-refractivity contribution in [3.8, 4) is 0 Å². The summed E-state index contributed by atoms with van der Waals surface area (Å²) in [4.78, 5) is 2.60. The van der Waals surface area contributed by atoms with Gasteiger partial charge in [-0.25, -0.2) is 0 Å². The van der Waals surface area contributed by atoms with Crippen LogP contribution in [0.25, 0.3) is 0 Å². The lowest BCUT2D eigenvalue weighted by Crippen LogP contribution is -2.32. The number of nitrogens with zero attached hydrogens (tertiary/aromatic N) is 1. The Morgan fingerprint density at radius 3 is 2.48 bits per heavy atom. The molecule has 1 aliphatic rings. The Balaban J connectivity index is 1.81. The molecule has 1 aliphatic heterocycles. The number of rotatable bonds is 7. The van der Waals surface area contributed by atoms with Crippen LogP contribution in [0, 0.1) is 5.92 Å². The molecule has 2 heteroatoms. The number of hydrogen-bond acceptors (Lipinski definition) is 2. The molecule has 21 heavy (non-hydrogen) atoms. The molecule has 1 N–H and O–H groups in total. The minimum atomic E-state index is 0.599. The van der Waals surface area contributed by atoms with Gasteiger partial charge in [0.25, 0.3) is 0 Å². The first kappa shape index (κ1) is 16.5. The molecule has 1 unspecified atom stereocenters. The van der Waals surface area contributed by atoms with Crippen molar-refractivity contribution in [2.75, 3.05) is 26.2 Å². The zero-order chi connectivity index (χ0) is 15.1. The van der Waals surface area contributed by atoms with Gasteiger partial charge in [-0.3, -0.25) is 4.90 Å². The number of nitrogens with one attached hydrogen (secondary N) is 1. The second kappa shape index (κ2) is 8.55. The maximum atomic E-state index is 3.51. The lowest BCUT2D eigenvalue weighted by molar-refractivity contribution is 0.185. The van der Waals surface area contributed by atoms with Gasteiger partial charge in [-0.05, 0) is 61.9 Å². The van der Waals surface area contributed by atoms with Gasteiger partial charge in [0.2, 0.25) is 0 Å². The van der Waals surface area contributed by atoms with Crippen LogP contribution in [0.4, 0.5) is 0 Å². The van der Waals surface area contributed by atoms with Crippen molar-refractivity contribution in [1.29, 1.82) is 0 Å². The lowest BCUT2D eigenvalue weighted by atomic mass is 9.97.